The van der Waals surface area contributed by atoms with Crippen LogP contribution < -0.4 is 5.32 Å². The first-order valence-electron chi connectivity index (χ1n) is 7.65. The van der Waals surface area contributed by atoms with Crippen molar-refractivity contribution in [3.8, 4) is 0 Å². The molecular formula is C15H20F3NO5S. The molecule has 0 aromatic heterocycles. The summed E-state index contributed by atoms with van der Waals surface area (Å²) >= 11 is 0. The van der Waals surface area contributed by atoms with Crippen LogP contribution in [0.4, 0.5) is 13.2 Å². The average molecular weight is 383 g/mol. The minimum atomic E-state index is -5.73. The standard InChI is InChI=1S/C15H20F3NO5S/c1-14(2,3)23-13(20)11-8-19-7-10-6-9(11)4-5-12(10)24-25(21,22)15(16,17)18/h4-5,9,11,19H,6-8H2,1-3H3. The highest BCUT2D eigenvalue weighted by Crippen LogP contribution is 2.35. The predicted molar refractivity (Wildman–Crippen MR) is 82.5 cm³/mol. The highest BCUT2D eigenvalue weighted by atomic mass is 32.2. The Bertz CT molecular complexity index is 704. The fraction of sp³-hybridized carbons (Fsp3) is 0.667. The summed E-state index contributed by atoms with van der Waals surface area (Å²) in [6, 6.07) is 0. The summed E-state index contributed by atoms with van der Waals surface area (Å²) in [5.41, 5.74) is -5.79. The molecule has 1 heterocycles. The van der Waals surface area contributed by atoms with Crippen LogP contribution >= 0.6 is 0 Å². The van der Waals surface area contributed by atoms with Crippen molar-refractivity contribution < 1.29 is 35.3 Å². The first kappa shape index (κ1) is 19.8. The summed E-state index contributed by atoms with van der Waals surface area (Å²) in [5, 5.41) is 2.94. The van der Waals surface area contributed by atoms with Crippen LogP contribution in [0.1, 0.15) is 27.2 Å². The maximum Gasteiger partial charge on any atom is 0.534 e. The third-order valence-electron chi connectivity index (χ3n) is 3.74. The van der Waals surface area contributed by atoms with E-state index in [1.165, 1.54) is 12.2 Å². The number of ether oxygens (including phenoxy) is 1. The van der Waals surface area contributed by atoms with E-state index in [0.717, 1.165) is 0 Å². The van der Waals surface area contributed by atoms with Gasteiger partial charge in [0.05, 0.1) is 5.92 Å². The summed E-state index contributed by atoms with van der Waals surface area (Å²) in [4.78, 5) is 12.3. The van der Waals surface area contributed by atoms with Crippen LogP contribution in [0, 0.1) is 11.8 Å². The molecule has 1 fully saturated rings. The van der Waals surface area contributed by atoms with Crippen molar-refractivity contribution in [3.05, 3.63) is 23.5 Å². The van der Waals surface area contributed by atoms with Crippen molar-refractivity contribution in [1.29, 1.82) is 0 Å². The van der Waals surface area contributed by atoms with E-state index in [1.807, 2.05) is 0 Å². The van der Waals surface area contributed by atoms with Crippen molar-refractivity contribution in [1.82, 2.24) is 5.32 Å². The number of allylic oxidation sites excluding steroid dienone is 2. The Labute approximate surface area is 144 Å². The Balaban J connectivity index is 2.18. The normalized spacial score (nSPS) is 24.7. The van der Waals surface area contributed by atoms with Crippen molar-refractivity contribution in [2.24, 2.45) is 11.8 Å². The van der Waals surface area contributed by atoms with Crippen LogP contribution in [0.2, 0.25) is 0 Å². The fourth-order valence-corrected chi connectivity index (χ4v) is 3.14. The zero-order valence-electron chi connectivity index (χ0n) is 14.0. The molecule has 0 aromatic carbocycles. The van der Waals surface area contributed by atoms with Gasteiger partial charge in [0.25, 0.3) is 0 Å². The summed E-state index contributed by atoms with van der Waals surface area (Å²) in [5.74, 6) is -1.59. The van der Waals surface area contributed by atoms with Crippen molar-refractivity contribution >= 4 is 16.1 Å². The lowest BCUT2D eigenvalue weighted by Gasteiger charge is -2.27. The Hall–Kier alpha value is -1.55. The third-order valence-corrected chi connectivity index (χ3v) is 4.70. The Morgan fingerprint density at radius 2 is 1.92 bits per heavy atom. The number of rotatable bonds is 3. The third kappa shape index (κ3) is 4.75. The minimum absolute atomic E-state index is 0.128. The fourth-order valence-electron chi connectivity index (χ4n) is 2.64. The molecule has 2 unspecified atom stereocenters. The molecule has 0 amide bonds. The lowest BCUT2D eigenvalue weighted by molar-refractivity contribution is -0.161. The largest absolute Gasteiger partial charge is 0.534 e. The van der Waals surface area contributed by atoms with Gasteiger partial charge in [-0.2, -0.15) is 21.6 Å². The van der Waals surface area contributed by atoms with E-state index in [9.17, 15) is 26.4 Å². The average Bonchev–Trinajstić information content (AvgIpc) is 2.58. The molecule has 6 nitrogen and oxygen atoms in total. The predicted octanol–water partition coefficient (Wildman–Crippen LogP) is 2.24. The number of hydrogen-bond acceptors (Lipinski definition) is 6. The molecule has 25 heavy (non-hydrogen) atoms. The van der Waals surface area contributed by atoms with Gasteiger partial charge >= 0.3 is 21.6 Å². The number of nitrogens with one attached hydrogen (secondary N) is 1. The van der Waals surface area contributed by atoms with E-state index in [2.05, 4.69) is 9.50 Å². The van der Waals surface area contributed by atoms with Crippen molar-refractivity contribution in [2.75, 3.05) is 13.1 Å². The van der Waals surface area contributed by atoms with Crippen LogP contribution in [0.5, 0.6) is 0 Å². The molecule has 1 aliphatic heterocycles. The Kier molecular flexibility index (Phi) is 5.25. The van der Waals surface area contributed by atoms with Crippen LogP contribution in [-0.4, -0.2) is 38.6 Å². The molecule has 10 heteroatoms. The highest BCUT2D eigenvalue weighted by molar-refractivity contribution is 7.87. The van der Waals surface area contributed by atoms with Gasteiger partial charge in [-0.25, -0.2) is 0 Å². The molecule has 0 radical (unpaired) electrons. The maximum atomic E-state index is 12.5. The topological polar surface area (TPSA) is 81.7 Å². The zero-order valence-corrected chi connectivity index (χ0v) is 14.8. The molecule has 2 aliphatic rings. The van der Waals surface area contributed by atoms with E-state index in [-0.39, 0.29) is 31.2 Å². The first-order chi connectivity index (χ1) is 11.3. The maximum absolute atomic E-state index is 12.5. The van der Waals surface area contributed by atoms with Crippen LogP contribution in [0.25, 0.3) is 0 Å². The second kappa shape index (κ2) is 6.64. The number of esters is 1. The zero-order chi connectivity index (χ0) is 19.0. The number of carbonyl (C=O) groups is 1. The second-order valence-electron chi connectivity index (χ2n) is 6.95. The molecule has 1 saturated heterocycles. The van der Waals surface area contributed by atoms with E-state index in [1.54, 1.807) is 20.8 Å². The van der Waals surface area contributed by atoms with E-state index < -0.39 is 33.1 Å². The molecule has 2 bridgehead atoms. The Morgan fingerprint density at radius 1 is 1.28 bits per heavy atom. The van der Waals surface area contributed by atoms with Crippen LogP contribution in [0.15, 0.2) is 23.5 Å². The number of fused-ring (bicyclic) bond motifs is 2. The van der Waals surface area contributed by atoms with Gasteiger partial charge in [-0.05, 0) is 44.8 Å². The van der Waals surface area contributed by atoms with Crippen molar-refractivity contribution in [3.63, 3.8) is 0 Å². The lowest BCUT2D eigenvalue weighted by Crippen LogP contribution is -2.36. The molecular weight excluding hydrogens is 363 g/mol. The summed E-state index contributed by atoms with van der Waals surface area (Å²) in [7, 11) is -5.73. The summed E-state index contributed by atoms with van der Waals surface area (Å²) in [6.45, 7) is 5.62. The van der Waals surface area contributed by atoms with E-state index >= 15 is 0 Å². The van der Waals surface area contributed by atoms with E-state index in [4.69, 9.17) is 4.74 Å². The highest BCUT2D eigenvalue weighted by Gasteiger charge is 2.49. The molecule has 0 saturated carbocycles. The minimum Gasteiger partial charge on any atom is -0.460 e. The Morgan fingerprint density at radius 3 is 2.48 bits per heavy atom. The smallest absolute Gasteiger partial charge is 0.460 e. The van der Waals surface area contributed by atoms with Gasteiger partial charge < -0.3 is 14.2 Å². The molecule has 0 aromatic rings. The van der Waals surface area contributed by atoms with Gasteiger partial charge in [0.1, 0.15) is 11.4 Å². The molecule has 2 atom stereocenters. The van der Waals surface area contributed by atoms with Crippen molar-refractivity contribution in [2.45, 2.75) is 38.3 Å². The first-order valence-corrected chi connectivity index (χ1v) is 9.05. The molecule has 2 rings (SSSR count). The molecule has 0 spiro atoms. The monoisotopic (exact) mass is 383 g/mol. The van der Waals surface area contributed by atoms with Gasteiger partial charge in [0, 0.05) is 13.1 Å². The molecule has 1 aliphatic carbocycles. The van der Waals surface area contributed by atoms with Gasteiger partial charge in [-0.3, -0.25) is 4.79 Å². The number of alkyl halides is 3. The van der Waals surface area contributed by atoms with Crippen LogP contribution in [-0.2, 0) is 23.8 Å². The number of hydrogen-bond donors (Lipinski definition) is 1. The second-order valence-corrected chi connectivity index (χ2v) is 8.49. The summed E-state index contributed by atoms with van der Waals surface area (Å²) < 4.78 is 69.4. The lowest BCUT2D eigenvalue weighted by atomic mass is 9.84. The molecule has 1 N–H and O–H groups in total. The van der Waals surface area contributed by atoms with E-state index in [0.29, 0.717) is 5.57 Å². The van der Waals surface area contributed by atoms with Gasteiger partial charge in [-0.15, -0.1) is 0 Å². The van der Waals surface area contributed by atoms with Gasteiger partial charge in [-0.1, -0.05) is 6.08 Å². The summed E-state index contributed by atoms with van der Waals surface area (Å²) in [6.07, 6.45) is 2.89. The quantitative estimate of drug-likeness (QED) is 0.457. The van der Waals surface area contributed by atoms with Gasteiger partial charge in [0.2, 0.25) is 0 Å². The SMILES string of the molecule is CC(C)(C)OC(=O)C1CNCC2=C(OS(=O)(=O)C(F)(F)F)C=CC1C2. The number of carbonyl (C=O) groups excluding carboxylic acids is 1. The van der Waals surface area contributed by atoms with Crippen LogP contribution in [0.3, 0.4) is 0 Å². The molecule has 142 valence electrons. The number of halogens is 3. The van der Waals surface area contributed by atoms with Gasteiger partial charge in [0.15, 0.2) is 0 Å².